The van der Waals surface area contributed by atoms with Crippen LogP contribution in [0.3, 0.4) is 0 Å². The van der Waals surface area contributed by atoms with Gasteiger partial charge in [0.15, 0.2) is 11.5 Å². The summed E-state index contributed by atoms with van der Waals surface area (Å²) in [6.07, 6.45) is 3.91. The first-order chi connectivity index (χ1) is 11.3. The predicted molar refractivity (Wildman–Crippen MR) is 93.3 cm³/mol. The number of aliphatic imine (C=N–C) groups is 1. The van der Waals surface area contributed by atoms with Crippen molar-refractivity contribution in [1.29, 1.82) is 0 Å². The molecule has 0 aromatic heterocycles. The topological polar surface area (TPSA) is 41.8 Å². The van der Waals surface area contributed by atoms with Crippen LogP contribution in [0, 0.1) is 0 Å². The van der Waals surface area contributed by atoms with Crippen molar-refractivity contribution in [1.82, 2.24) is 0 Å². The first kappa shape index (κ1) is 13.8. The number of nitrogens with zero attached hydrogens (tertiary/aromatic N) is 1. The van der Waals surface area contributed by atoms with Crippen molar-refractivity contribution in [3.05, 3.63) is 65.2 Å². The number of aryl methyl sites for hydroxylation is 2. The average molecular weight is 303 g/mol. The van der Waals surface area contributed by atoms with Crippen molar-refractivity contribution in [2.75, 3.05) is 7.11 Å². The number of hydrogen-bond donors (Lipinski definition) is 1. The molecule has 0 spiro atoms. The van der Waals surface area contributed by atoms with E-state index in [4.69, 9.17) is 4.74 Å². The minimum absolute atomic E-state index is 0.115. The lowest BCUT2D eigenvalue weighted by molar-refractivity contribution is 0.373. The van der Waals surface area contributed by atoms with E-state index in [1.807, 2.05) is 12.1 Å². The SMILES string of the molecule is COc1cccc(C=Nc2ccc3c4c(cccc24)CC3)c1O. The molecular weight excluding hydrogens is 286 g/mol. The second-order valence-corrected chi connectivity index (χ2v) is 5.74. The molecule has 1 N–H and O–H groups in total. The zero-order valence-corrected chi connectivity index (χ0v) is 12.9. The summed E-state index contributed by atoms with van der Waals surface area (Å²) in [7, 11) is 1.54. The molecule has 0 heterocycles. The lowest BCUT2D eigenvalue weighted by Gasteiger charge is -2.06. The fourth-order valence-corrected chi connectivity index (χ4v) is 3.29. The molecule has 0 aliphatic heterocycles. The normalized spacial score (nSPS) is 13.1. The molecule has 0 atom stereocenters. The number of phenols is 1. The Morgan fingerprint density at radius 1 is 1.00 bits per heavy atom. The fourth-order valence-electron chi connectivity index (χ4n) is 3.29. The molecule has 0 saturated heterocycles. The van der Waals surface area contributed by atoms with Gasteiger partial charge in [0.2, 0.25) is 0 Å². The van der Waals surface area contributed by atoms with E-state index in [-0.39, 0.29) is 5.75 Å². The van der Waals surface area contributed by atoms with E-state index in [0.717, 1.165) is 18.5 Å². The largest absolute Gasteiger partial charge is 0.504 e. The van der Waals surface area contributed by atoms with Crippen molar-refractivity contribution >= 4 is 22.7 Å². The fraction of sp³-hybridized carbons (Fsp3) is 0.150. The summed E-state index contributed by atoms with van der Waals surface area (Å²) in [5.74, 6) is 0.569. The zero-order chi connectivity index (χ0) is 15.8. The zero-order valence-electron chi connectivity index (χ0n) is 12.9. The van der Waals surface area contributed by atoms with Gasteiger partial charge >= 0.3 is 0 Å². The van der Waals surface area contributed by atoms with Crippen molar-refractivity contribution < 1.29 is 9.84 Å². The number of para-hydroxylation sites is 1. The number of phenolic OH excluding ortho intramolecular Hbond substituents is 1. The van der Waals surface area contributed by atoms with E-state index < -0.39 is 0 Å². The standard InChI is InChI=1S/C20H17NO2/c1-23-18-7-3-5-15(20(18)22)12-21-17-11-10-14-9-8-13-4-2-6-16(17)19(13)14/h2-7,10-12,22H,8-9H2,1H3. The highest BCUT2D eigenvalue weighted by Gasteiger charge is 2.15. The highest BCUT2D eigenvalue weighted by atomic mass is 16.5. The van der Waals surface area contributed by atoms with Gasteiger partial charge in [0.1, 0.15) is 0 Å². The Bertz CT molecular complexity index is 918. The maximum Gasteiger partial charge on any atom is 0.166 e. The van der Waals surface area contributed by atoms with Crippen molar-refractivity contribution in [2.45, 2.75) is 12.8 Å². The van der Waals surface area contributed by atoms with Gasteiger partial charge in [-0.15, -0.1) is 0 Å². The summed E-state index contributed by atoms with van der Waals surface area (Å²) >= 11 is 0. The summed E-state index contributed by atoms with van der Waals surface area (Å²) in [4.78, 5) is 4.61. The molecule has 3 aromatic carbocycles. The molecule has 0 saturated carbocycles. The first-order valence-electron chi connectivity index (χ1n) is 7.71. The Morgan fingerprint density at radius 3 is 2.61 bits per heavy atom. The molecule has 23 heavy (non-hydrogen) atoms. The van der Waals surface area contributed by atoms with Gasteiger partial charge in [-0.3, -0.25) is 4.99 Å². The summed E-state index contributed by atoms with van der Waals surface area (Å²) in [6.45, 7) is 0. The smallest absolute Gasteiger partial charge is 0.166 e. The third-order valence-corrected chi connectivity index (χ3v) is 4.45. The molecule has 0 fully saturated rings. The Morgan fingerprint density at radius 2 is 1.78 bits per heavy atom. The summed E-state index contributed by atoms with van der Waals surface area (Å²) in [6, 6.07) is 16.0. The van der Waals surface area contributed by atoms with Gasteiger partial charge in [0.25, 0.3) is 0 Å². The molecule has 114 valence electrons. The second-order valence-electron chi connectivity index (χ2n) is 5.74. The van der Waals surface area contributed by atoms with Crippen LogP contribution in [0.2, 0.25) is 0 Å². The van der Waals surface area contributed by atoms with Gasteiger partial charge in [0.05, 0.1) is 12.8 Å². The molecule has 0 bridgehead atoms. The molecule has 0 radical (unpaired) electrons. The van der Waals surface area contributed by atoms with Crippen LogP contribution in [-0.2, 0) is 12.8 Å². The third-order valence-electron chi connectivity index (χ3n) is 4.45. The summed E-state index contributed by atoms with van der Waals surface area (Å²) < 4.78 is 5.14. The van der Waals surface area contributed by atoms with Crippen LogP contribution in [0.1, 0.15) is 16.7 Å². The number of ether oxygens (including phenoxy) is 1. The monoisotopic (exact) mass is 303 g/mol. The van der Waals surface area contributed by atoms with E-state index in [1.165, 1.54) is 21.9 Å². The van der Waals surface area contributed by atoms with E-state index in [9.17, 15) is 5.11 Å². The molecule has 0 unspecified atom stereocenters. The van der Waals surface area contributed by atoms with Crippen molar-refractivity contribution in [2.24, 2.45) is 4.99 Å². The molecule has 4 rings (SSSR count). The van der Waals surface area contributed by atoms with E-state index >= 15 is 0 Å². The number of methoxy groups -OCH3 is 1. The lowest BCUT2D eigenvalue weighted by Crippen LogP contribution is -1.88. The molecule has 3 heteroatoms. The van der Waals surface area contributed by atoms with Gasteiger partial charge in [-0.05, 0) is 47.6 Å². The molecule has 1 aliphatic carbocycles. The second kappa shape index (κ2) is 5.43. The Kier molecular flexibility index (Phi) is 3.27. The highest BCUT2D eigenvalue weighted by Crippen LogP contribution is 2.36. The average Bonchev–Trinajstić information content (AvgIpc) is 3.00. The van der Waals surface area contributed by atoms with Gasteiger partial charge in [-0.2, -0.15) is 0 Å². The minimum Gasteiger partial charge on any atom is -0.504 e. The Balaban J connectivity index is 1.80. The van der Waals surface area contributed by atoms with Crippen LogP contribution < -0.4 is 4.74 Å². The summed E-state index contributed by atoms with van der Waals surface area (Å²) in [5, 5.41) is 12.7. The van der Waals surface area contributed by atoms with Gasteiger partial charge in [0, 0.05) is 17.2 Å². The highest BCUT2D eigenvalue weighted by molar-refractivity contribution is 6.00. The van der Waals surface area contributed by atoms with Crippen LogP contribution in [0.15, 0.2) is 53.5 Å². The number of aromatic hydroxyl groups is 1. The Hall–Kier alpha value is -2.81. The van der Waals surface area contributed by atoms with Crippen molar-refractivity contribution in [3.63, 3.8) is 0 Å². The number of hydrogen-bond acceptors (Lipinski definition) is 3. The van der Waals surface area contributed by atoms with Crippen LogP contribution in [-0.4, -0.2) is 18.4 Å². The minimum atomic E-state index is 0.115. The van der Waals surface area contributed by atoms with Gasteiger partial charge in [-0.1, -0.05) is 30.3 Å². The molecule has 0 amide bonds. The number of rotatable bonds is 3. The molecule has 3 aromatic rings. The van der Waals surface area contributed by atoms with Crippen LogP contribution in [0.4, 0.5) is 5.69 Å². The third kappa shape index (κ3) is 2.25. The Labute approximate surface area is 134 Å². The van der Waals surface area contributed by atoms with Crippen molar-refractivity contribution in [3.8, 4) is 11.5 Å². The number of benzene rings is 3. The quantitative estimate of drug-likeness (QED) is 0.728. The predicted octanol–water partition coefficient (Wildman–Crippen LogP) is 4.40. The van der Waals surface area contributed by atoms with E-state index in [1.54, 1.807) is 19.4 Å². The van der Waals surface area contributed by atoms with Crippen LogP contribution in [0.5, 0.6) is 11.5 Å². The van der Waals surface area contributed by atoms with Crippen LogP contribution in [0.25, 0.3) is 10.8 Å². The lowest BCUT2D eigenvalue weighted by atomic mass is 10.0. The molecule has 1 aliphatic rings. The molecular formula is C20H17NO2. The molecule has 3 nitrogen and oxygen atoms in total. The van der Waals surface area contributed by atoms with Gasteiger partial charge < -0.3 is 9.84 Å². The maximum atomic E-state index is 10.2. The van der Waals surface area contributed by atoms with Crippen LogP contribution >= 0.6 is 0 Å². The van der Waals surface area contributed by atoms with Gasteiger partial charge in [-0.25, -0.2) is 0 Å². The first-order valence-corrected chi connectivity index (χ1v) is 7.71. The van der Waals surface area contributed by atoms with E-state index in [2.05, 4.69) is 35.3 Å². The van der Waals surface area contributed by atoms with E-state index in [0.29, 0.717) is 11.3 Å². The summed E-state index contributed by atoms with van der Waals surface area (Å²) in [5.41, 5.74) is 4.37. The maximum absolute atomic E-state index is 10.2.